The first-order valence-corrected chi connectivity index (χ1v) is 7.05. The number of nitrogens with one attached hydrogen (secondary N) is 1. The van der Waals surface area contributed by atoms with Crippen LogP contribution < -0.4 is 14.8 Å². The third kappa shape index (κ3) is 3.20. The summed E-state index contributed by atoms with van der Waals surface area (Å²) >= 11 is 0. The fourth-order valence-corrected chi connectivity index (χ4v) is 2.49. The number of aliphatic hydroxyl groups is 1. The van der Waals surface area contributed by atoms with Crippen LogP contribution >= 0.6 is 0 Å². The third-order valence-electron chi connectivity index (χ3n) is 3.70. The predicted octanol–water partition coefficient (Wildman–Crippen LogP) is 0.557. The van der Waals surface area contributed by atoms with Crippen molar-refractivity contribution in [3.8, 4) is 11.5 Å². The Morgan fingerprint density at radius 1 is 1.19 bits per heavy atom. The maximum Gasteiger partial charge on any atom is 0.321 e. The second kappa shape index (κ2) is 6.19. The van der Waals surface area contributed by atoms with Crippen LogP contribution in [-0.2, 0) is 0 Å². The molecule has 2 amide bonds. The summed E-state index contributed by atoms with van der Waals surface area (Å²) in [5.41, 5.74) is 0.696. The zero-order chi connectivity index (χ0) is 14.7. The molecule has 7 nitrogen and oxygen atoms in total. The zero-order valence-corrected chi connectivity index (χ0v) is 11.7. The summed E-state index contributed by atoms with van der Waals surface area (Å²) in [6.45, 7) is 3.94. The van der Waals surface area contributed by atoms with Crippen LogP contribution in [0.4, 0.5) is 10.5 Å². The number of anilines is 1. The van der Waals surface area contributed by atoms with Crippen LogP contribution in [-0.4, -0.2) is 67.1 Å². The molecule has 3 rings (SSSR count). The van der Waals surface area contributed by atoms with E-state index in [1.165, 1.54) is 0 Å². The summed E-state index contributed by atoms with van der Waals surface area (Å²) in [7, 11) is 0. The van der Waals surface area contributed by atoms with Gasteiger partial charge in [-0.05, 0) is 12.1 Å². The SMILES string of the molecule is O=C(Nc1ccc2c(c1)OCO2)N1CCN(CCO)CC1. The smallest absolute Gasteiger partial charge is 0.321 e. The normalized spacial score (nSPS) is 17.9. The lowest BCUT2D eigenvalue weighted by atomic mass is 10.2. The van der Waals surface area contributed by atoms with Crippen molar-refractivity contribution < 1.29 is 19.4 Å². The Morgan fingerprint density at radius 2 is 1.95 bits per heavy atom. The number of urea groups is 1. The van der Waals surface area contributed by atoms with Gasteiger partial charge in [0.15, 0.2) is 11.5 Å². The van der Waals surface area contributed by atoms with Crippen molar-refractivity contribution in [2.75, 3.05) is 51.4 Å². The van der Waals surface area contributed by atoms with Gasteiger partial charge in [0.1, 0.15) is 0 Å². The van der Waals surface area contributed by atoms with Crippen LogP contribution in [0.1, 0.15) is 0 Å². The molecule has 21 heavy (non-hydrogen) atoms. The number of ether oxygens (including phenoxy) is 2. The number of hydrogen-bond acceptors (Lipinski definition) is 5. The highest BCUT2D eigenvalue weighted by Crippen LogP contribution is 2.34. The first kappa shape index (κ1) is 14.0. The minimum Gasteiger partial charge on any atom is -0.454 e. The molecule has 2 N–H and O–H groups in total. The number of amides is 2. The van der Waals surface area contributed by atoms with E-state index < -0.39 is 0 Å². The van der Waals surface area contributed by atoms with E-state index in [1.807, 2.05) is 0 Å². The summed E-state index contributed by atoms with van der Waals surface area (Å²) in [6, 6.07) is 5.24. The van der Waals surface area contributed by atoms with E-state index in [4.69, 9.17) is 14.6 Å². The summed E-state index contributed by atoms with van der Waals surface area (Å²) in [5.74, 6) is 1.35. The summed E-state index contributed by atoms with van der Waals surface area (Å²) < 4.78 is 10.5. The maximum absolute atomic E-state index is 12.2. The van der Waals surface area contributed by atoms with Crippen molar-refractivity contribution in [1.82, 2.24) is 9.80 Å². The van der Waals surface area contributed by atoms with Gasteiger partial charge in [-0.3, -0.25) is 4.90 Å². The lowest BCUT2D eigenvalue weighted by Crippen LogP contribution is -2.50. The maximum atomic E-state index is 12.2. The highest BCUT2D eigenvalue weighted by molar-refractivity contribution is 5.89. The highest BCUT2D eigenvalue weighted by Gasteiger charge is 2.21. The Hall–Kier alpha value is -1.99. The molecular formula is C14H19N3O4. The number of aliphatic hydroxyl groups excluding tert-OH is 1. The number of hydrogen-bond donors (Lipinski definition) is 2. The van der Waals surface area contributed by atoms with E-state index >= 15 is 0 Å². The van der Waals surface area contributed by atoms with Crippen molar-refractivity contribution in [3.05, 3.63) is 18.2 Å². The minimum atomic E-state index is -0.113. The van der Waals surface area contributed by atoms with Crippen LogP contribution in [0.25, 0.3) is 0 Å². The molecule has 0 radical (unpaired) electrons. The van der Waals surface area contributed by atoms with Crippen LogP contribution in [0.15, 0.2) is 18.2 Å². The molecule has 2 aliphatic heterocycles. The van der Waals surface area contributed by atoms with Crippen LogP contribution in [0.3, 0.4) is 0 Å². The topological polar surface area (TPSA) is 74.3 Å². The molecule has 1 fully saturated rings. The number of benzene rings is 1. The highest BCUT2D eigenvalue weighted by atomic mass is 16.7. The lowest BCUT2D eigenvalue weighted by Gasteiger charge is -2.34. The minimum absolute atomic E-state index is 0.113. The summed E-state index contributed by atoms with van der Waals surface area (Å²) in [4.78, 5) is 16.1. The molecule has 0 aliphatic carbocycles. The Morgan fingerprint density at radius 3 is 2.71 bits per heavy atom. The van der Waals surface area contributed by atoms with E-state index in [2.05, 4.69) is 10.2 Å². The number of nitrogens with zero attached hydrogens (tertiary/aromatic N) is 2. The van der Waals surface area contributed by atoms with E-state index in [-0.39, 0.29) is 19.4 Å². The van der Waals surface area contributed by atoms with Gasteiger partial charge >= 0.3 is 6.03 Å². The quantitative estimate of drug-likeness (QED) is 0.851. The van der Waals surface area contributed by atoms with Crippen molar-refractivity contribution in [3.63, 3.8) is 0 Å². The molecule has 0 atom stereocenters. The Kier molecular flexibility index (Phi) is 4.12. The number of carbonyl (C=O) groups excluding carboxylic acids is 1. The molecule has 0 unspecified atom stereocenters. The lowest BCUT2D eigenvalue weighted by molar-refractivity contribution is 0.127. The molecule has 1 saturated heterocycles. The van der Waals surface area contributed by atoms with Crippen molar-refractivity contribution in [1.29, 1.82) is 0 Å². The fourth-order valence-electron chi connectivity index (χ4n) is 2.49. The molecule has 0 bridgehead atoms. The van der Waals surface area contributed by atoms with Gasteiger partial charge in [0, 0.05) is 44.5 Å². The number of rotatable bonds is 3. The average molecular weight is 293 g/mol. The average Bonchev–Trinajstić information content (AvgIpc) is 2.96. The molecule has 1 aromatic rings. The Bertz CT molecular complexity index is 515. The number of β-amino-alcohol motifs (C(OH)–C–C–N with tert-alkyl or cyclic N) is 1. The molecule has 7 heteroatoms. The van der Waals surface area contributed by atoms with Gasteiger partial charge < -0.3 is 24.8 Å². The molecular weight excluding hydrogens is 274 g/mol. The molecule has 0 spiro atoms. The van der Waals surface area contributed by atoms with Gasteiger partial charge in [-0.1, -0.05) is 0 Å². The molecule has 2 aliphatic rings. The predicted molar refractivity (Wildman–Crippen MR) is 76.7 cm³/mol. The van der Waals surface area contributed by atoms with Crippen LogP contribution in [0, 0.1) is 0 Å². The van der Waals surface area contributed by atoms with Gasteiger partial charge in [-0.15, -0.1) is 0 Å². The van der Waals surface area contributed by atoms with Gasteiger partial charge in [0.05, 0.1) is 6.61 Å². The number of piperazine rings is 1. The number of fused-ring (bicyclic) bond motifs is 1. The summed E-state index contributed by atoms with van der Waals surface area (Å²) in [6.07, 6.45) is 0. The molecule has 0 saturated carbocycles. The van der Waals surface area contributed by atoms with E-state index in [1.54, 1.807) is 23.1 Å². The third-order valence-corrected chi connectivity index (χ3v) is 3.70. The molecule has 2 heterocycles. The van der Waals surface area contributed by atoms with Crippen molar-refractivity contribution >= 4 is 11.7 Å². The van der Waals surface area contributed by atoms with E-state index in [0.29, 0.717) is 36.8 Å². The van der Waals surface area contributed by atoms with Gasteiger partial charge in [0.25, 0.3) is 0 Å². The molecule has 0 aromatic heterocycles. The largest absolute Gasteiger partial charge is 0.454 e. The summed E-state index contributed by atoms with van der Waals surface area (Å²) in [5, 5.41) is 11.8. The number of carbonyl (C=O) groups is 1. The standard InChI is InChI=1S/C14H19N3O4/c18-8-7-16-3-5-17(6-4-16)14(19)15-11-1-2-12-13(9-11)21-10-20-12/h1-2,9,18H,3-8,10H2,(H,15,19). The monoisotopic (exact) mass is 293 g/mol. The molecule has 1 aromatic carbocycles. The second-order valence-corrected chi connectivity index (χ2v) is 5.05. The van der Waals surface area contributed by atoms with Gasteiger partial charge in [0.2, 0.25) is 6.79 Å². The second-order valence-electron chi connectivity index (χ2n) is 5.05. The first-order valence-electron chi connectivity index (χ1n) is 7.05. The molecule has 114 valence electrons. The van der Waals surface area contributed by atoms with E-state index in [0.717, 1.165) is 13.1 Å². The van der Waals surface area contributed by atoms with Crippen molar-refractivity contribution in [2.24, 2.45) is 0 Å². The fraction of sp³-hybridized carbons (Fsp3) is 0.500. The van der Waals surface area contributed by atoms with E-state index in [9.17, 15) is 4.79 Å². The van der Waals surface area contributed by atoms with Crippen LogP contribution in [0.2, 0.25) is 0 Å². The zero-order valence-electron chi connectivity index (χ0n) is 11.7. The Labute approximate surface area is 123 Å². The van der Waals surface area contributed by atoms with Gasteiger partial charge in [-0.25, -0.2) is 4.79 Å². The Balaban J connectivity index is 1.55. The van der Waals surface area contributed by atoms with Crippen LogP contribution in [0.5, 0.6) is 11.5 Å². The van der Waals surface area contributed by atoms with Gasteiger partial charge in [-0.2, -0.15) is 0 Å². The van der Waals surface area contributed by atoms with Crippen molar-refractivity contribution in [2.45, 2.75) is 0 Å². The first-order chi connectivity index (χ1) is 10.3.